The van der Waals surface area contributed by atoms with Gasteiger partial charge in [0.15, 0.2) is 0 Å². The molecule has 0 aliphatic rings. The number of ether oxygens (including phenoxy) is 2. The van der Waals surface area contributed by atoms with Crippen molar-refractivity contribution in [3.05, 3.63) is 0 Å². The van der Waals surface area contributed by atoms with Crippen molar-refractivity contribution >= 4 is 18.6 Å². The van der Waals surface area contributed by atoms with Gasteiger partial charge in [-0.1, -0.05) is 90.4 Å². The summed E-state index contributed by atoms with van der Waals surface area (Å²) >= 11 is 0. The lowest BCUT2D eigenvalue weighted by Gasteiger charge is -2.10. The molecule has 0 heterocycles. The zero-order chi connectivity index (χ0) is 18.6. The molecule has 0 rings (SSSR count). The van der Waals surface area contributed by atoms with Crippen molar-refractivity contribution in [2.75, 3.05) is 33.9 Å². The van der Waals surface area contributed by atoms with Crippen LogP contribution < -0.4 is 0 Å². The number of hydrogen-bond donors (Lipinski definition) is 0. The third kappa shape index (κ3) is 23.5. The second-order valence-electron chi connectivity index (χ2n) is 7.35. The zero-order valence-electron chi connectivity index (χ0n) is 17.6. The molecule has 0 aliphatic heterocycles. The van der Waals surface area contributed by atoms with Crippen LogP contribution in [-0.4, -0.2) is 44.9 Å². The lowest BCUT2D eigenvalue weighted by molar-refractivity contribution is 0.0502. The minimum absolute atomic E-state index is 0. The van der Waals surface area contributed by atoms with Gasteiger partial charge in [-0.3, -0.25) is 0 Å². The van der Waals surface area contributed by atoms with E-state index in [0.29, 0.717) is 13.2 Å². The molecule has 0 amide bonds. The van der Waals surface area contributed by atoms with Crippen molar-refractivity contribution in [1.82, 2.24) is 4.90 Å². The van der Waals surface area contributed by atoms with Crippen molar-refractivity contribution in [3.63, 3.8) is 0 Å². The molecule has 0 unspecified atom stereocenters. The number of unbranched alkanes of at least 4 members (excludes halogenated alkanes) is 13. The summed E-state index contributed by atoms with van der Waals surface area (Å²) in [6, 6.07) is 0. The Kier molecular flexibility index (Phi) is 24.1. The highest BCUT2D eigenvalue weighted by molar-refractivity contribution is 5.85. The second kappa shape index (κ2) is 22.6. The fraction of sp³-hybridized carbons (Fsp3) is 0.952. The van der Waals surface area contributed by atoms with E-state index < -0.39 is 6.16 Å². The third-order valence-electron chi connectivity index (χ3n) is 4.48. The second-order valence-corrected chi connectivity index (χ2v) is 7.35. The Bertz CT molecular complexity index is 288. The summed E-state index contributed by atoms with van der Waals surface area (Å²) in [4.78, 5) is 13.3. The zero-order valence-corrected chi connectivity index (χ0v) is 18.4. The van der Waals surface area contributed by atoms with Gasteiger partial charge in [-0.2, -0.15) is 0 Å². The van der Waals surface area contributed by atoms with Gasteiger partial charge >= 0.3 is 6.16 Å². The Balaban J connectivity index is 0. The van der Waals surface area contributed by atoms with Crippen LogP contribution in [0.5, 0.6) is 0 Å². The predicted octanol–water partition coefficient (Wildman–Crippen LogP) is 6.60. The molecule has 0 radical (unpaired) electrons. The molecule has 4 nitrogen and oxygen atoms in total. The maximum atomic E-state index is 11.3. The number of likely N-dealkylation sites (N-methyl/N-ethyl adjacent to an activating group) is 1. The van der Waals surface area contributed by atoms with Crippen LogP contribution in [0.15, 0.2) is 0 Å². The van der Waals surface area contributed by atoms with Gasteiger partial charge in [-0.05, 0) is 20.5 Å². The third-order valence-corrected chi connectivity index (χ3v) is 4.48. The molecule has 0 bridgehead atoms. The summed E-state index contributed by atoms with van der Waals surface area (Å²) in [6.07, 6.45) is 18.1. The molecule has 0 saturated carbocycles. The monoisotopic (exact) mass is 393 g/mol. The lowest BCUT2D eigenvalue weighted by atomic mass is 10.0. The first-order valence-corrected chi connectivity index (χ1v) is 10.6. The van der Waals surface area contributed by atoms with E-state index in [0.717, 1.165) is 19.4 Å². The smallest absolute Gasteiger partial charge is 0.434 e. The molecule has 0 spiro atoms. The van der Waals surface area contributed by atoms with E-state index in [1.807, 2.05) is 19.0 Å². The van der Waals surface area contributed by atoms with E-state index >= 15 is 0 Å². The van der Waals surface area contributed by atoms with Gasteiger partial charge in [0.25, 0.3) is 0 Å². The highest BCUT2D eigenvalue weighted by atomic mass is 35.5. The van der Waals surface area contributed by atoms with Gasteiger partial charge in [0.05, 0.1) is 6.61 Å². The molecule has 158 valence electrons. The normalized spacial score (nSPS) is 10.6. The Morgan fingerprint density at radius 2 is 1.04 bits per heavy atom. The minimum Gasteiger partial charge on any atom is -0.434 e. The quantitative estimate of drug-likeness (QED) is 0.194. The maximum Gasteiger partial charge on any atom is 0.508 e. The minimum atomic E-state index is -0.531. The summed E-state index contributed by atoms with van der Waals surface area (Å²) in [5, 5.41) is 0. The number of carbonyl (C=O) groups is 1. The molecule has 0 fully saturated rings. The highest BCUT2D eigenvalue weighted by Crippen LogP contribution is 2.12. The van der Waals surface area contributed by atoms with E-state index in [1.165, 1.54) is 77.0 Å². The number of hydrogen-bond acceptors (Lipinski definition) is 4. The topological polar surface area (TPSA) is 38.8 Å². The van der Waals surface area contributed by atoms with Crippen LogP contribution in [0, 0.1) is 0 Å². The molecule has 0 saturated heterocycles. The number of carbonyl (C=O) groups excluding carboxylic acids is 1. The summed E-state index contributed by atoms with van der Waals surface area (Å²) < 4.78 is 10.0. The molecule has 0 aromatic heterocycles. The van der Waals surface area contributed by atoms with Gasteiger partial charge in [0.1, 0.15) is 6.61 Å². The first-order chi connectivity index (χ1) is 12.2. The van der Waals surface area contributed by atoms with E-state index in [1.54, 1.807) is 0 Å². The van der Waals surface area contributed by atoms with Crippen LogP contribution in [-0.2, 0) is 9.47 Å². The van der Waals surface area contributed by atoms with E-state index in [9.17, 15) is 4.79 Å². The predicted molar refractivity (Wildman–Crippen MR) is 113 cm³/mol. The Morgan fingerprint density at radius 1 is 0.654 bits per heavy atom. The summed E-state index contributed by atoms with van der Waals surface area (Å²) in [5.74, 6) is 0. The summed E-state index contributed by atoms with van der Waals surface area (Å²) in [6.45, 7) is 3.88. The number of nitrogens with zero attached hydrogens (tertiary/aromatic N) is 1. The Labute approximate surface area is 168 Å². The molecule has 0 aliphatic carbocycles. The van der Waals surface area contributed by atoms with Crippen LogP contribution >= 0.6 is 12.4 Å². The van der Waals surface area contributed by atoms with Crippen molar-refractivity contribution in [1.29, 1.82) is 0 Å². The summed E-state index contributed by atoms with van der Waals surface area (Å²) in [5.41, 5.74) is 0. The number of rotatable bonds is 18. The molecule has 0 aromatic carbocycles. The van der Waals surface area contributed by atoms with Crippen LogP contribution in [0.3, 0.4) is 0 Å². The largest absolute Gasteiger partial charge is 0.508 e. The highest BCUT2D eigenvalue weighted by Gasteiger charge is 2.03. The molecular weight excluding hydrogens is 350 g/mol. The molecule has 5 heteroatoms. The van der Waals surface area contributed by atoms with Gasteiger partial charge in [0, 0.05) is 6.54 Å². The SMILES string of the molecule is CCCCCCCCCCCCCCCCOC(=O)OCCN(C)C.Cl. The van der Waals surface area contributed by atoms with E-state index in [2.05, 4.69) is 6.92 Å². The van der Waals surface area contributed by atoms with Crippen LogP contribution in [0.4, 0.5) is 4.79 Å². The summed E-state index contributed by atoms with van der Waals surface area (Å²) in [7, 11) is 3.90. The first kappa shape index (κ1) is 27.7. The lowest BCUT2D eigenvalue weighted by Crippen LogP contribution is -2.20. The van der Waals surface area contributed by atoms with Crippen LogP contribution in [0.1, 0.15) is 96.8 Å². The van der Waals surface area contributed by atoms with E-state index in [4.69, 9.17) is 9.47 Å². The van der Waals surface area contributed by atoms with Crippen molar-refractivity contribution in [3.8, 4) is 0 Å². The molecule has 26 heavy (non-hydrogen) atoms. The van der Waals surface area contributed by atoms with Crippen molar-refractivity contribution in [2.45, 2.75) is 96.8 Å². The first-order valence-electron chi connectivity index (χ1n) is 10.6. The van der Waals surface area contributed by atoms with Gasteiger partial charge in [-0.15, -0.1) is 12.4 Å². The maximum absolute atomic E-state index is 11.3. The molecule has 0 aromatic rings. The Hall–Kier alpha value is -0.480. The van der Waals surface area contributed by atoms with Crippen LogP contribution in [0.2, 0.25) is 0 Å². The van der Waals surface area contributed by atoms with Crippen LogP contribution in [0.25, 0.3) is 0 Å². The van der Waals surface area contributed by atoms with Crippen molar-refractivity contribution in [2.24, 2.45) is 0 Å². The standard InChI is InChI=1S/C21H43NO3.ClH/c1-4-5-6-7-8-9-10-11-12-13-14-15-16-17-19-24-21(23)25-20-18-22(2)3;/h4-20H2,1-3H3;1H. The fourth-order valence-corrected chi connectivity index (χ4v) is 2.81. The van der Waals surface area contributed by atoms with Gasteiger partial charge in [0.2, 0.25) is 0 Å². The Morgan fingerprint density at radius 3 is 1.46 bits per heavy atom. The van der Waals surface area contributed by atoms with Gasteiger partial charge < -0.3 is 14.4 Å². The average Bonchev–Trinajstić information content (AvgIpc) is 2.58. The molecular formula is C21H44ClNO3. The number of halogens is 1. The average molecular weight is 394 g/mol. The fourth-order valence-electron chi connectivity index (χ4n) is 2.81. The van der Waals surface area contributed by atoms with Gasteiger partial charge in [-0.25, -0.2) is 4.79 Å². The molecule has 0 atom stereocenters. The molecule has 0 N–H and O–H groups in total. The van der Waals surface area contributed by atoms with E-state index in [-0.39, 0.29) is 12.4 Å². The van der Waals surface area contributed by atoms with Crippen molar-refractivity contribution < 1.29 is 14.3 Å².